The van der Waals surface area contributed by atoms with Gasteiger partial charge in [-0.3, -0.25) is 9.69 Å². The average molecular weight is 395 g/mol. The number of hydrogen-bond acceptors (Lipinski definition) is 3. The largest absolute Gasteiger partial charge is 0.396 e. The third-order valence-corrected chi connectivity index (χ3v) is 5.77. The van der Waals surface area contributed by atoms with E-state index in [-0.39, 0.29) is 18.6 Å². The number of amides is 1. The Balaban J connectivity index is 1.78. The molecule has 0 unspecified atom stereocenters. The van der Waals surface area contributed by atoms with Gasteiger partial charge in [0.2, 0.25) is 5.91 Å². The molecule has 1 aliphatic carbocycles. The van der Waals surface area contributed by atoms with Gasteiger partial charge in [0, 0.05) is 19.2 Å². The molecular weight excluding hydrogens is 360 g/mol. The summed E-state index contributed by atoms with van der Waals surface area (Å²) >= 11 is 0. The molecule has 0 heterocycles. The fourth-order valence-electron chi connectivity index (χ4n) is 4.34. The van der Waals surface area contributed by atoms with Crippen molar-refractivity contribution in [2.45, 2.75) is 57.0 Å². The third-order valence-electron chi connectivity index (χ3n) is 5.77. The summed E-state index contributed by atoms with van der Waals surface area (Å²) in [5, 5.41) is 12.7. The van der Waals surface area contributed by atoms with Crippen molar-refractivity contribution in [1.82, 2.24) is 10.2 Å². The number of aliphatic hydroxyl groups excluding tert-OH is 1. The summed E-state index contributed by atoms with van der Waals surface area (Å²) in [5.41, 5.74) is 2.33. The minimum atomic E-state index is -0.0103. The van der Waals surface area contributed by atoms with Crippen molar-refractivity contribution < 1.29 is 9.90 Å². The fourth-order valence-corrected chi connectivity index (χ4v) is 4.34. The Labute approximate surface area is 174 Å². The van der Waals surface area contributed by atoms with Gasteiger partial charge in [-0.15, -0.1) is 0 Å². The number of nitrogens with zero attached hydrogens (tertiary/aromatic N) is 1. The molecule has 2 aromatic carbocycles. The summed E-state index contributed by atoms with van der Waals surface area (Å²) in [6, 6.07) is 21.0. The molecular formula is C25H34N2O2. The first kappa shape index (κ1) is 21.5. The molecule has 1 aliphatic rings. The van der Waals surface area contributed by atoms with E-state index < -0.39 is 0 Å². The predicted molar refractivity (Wildman–Crippen MR) is 118 cm³/mol. The number of aliphatic hydroxyl groups is 1. The van der Waals surface area contributed by atoms with Gasteiger partial charge in [-0.1, -0.05) is 86.3 Å². The van der Waals surface area contributed by atoms with Crippen LogP contribution in [0.2, 0.25) is 0 Å². The van der Waals surface area contributed by atoms with Gasteiger partial charge in [0.1, 0.15) is 0 Å². The maximum atomic E-state index is 12.9. The smallest absolute Gasteiger partial charge is 0.234 e. The highest BCUT2D eigenvalue weighted by molar-refractivity contribution is 5.78. The quantitative estimate of drug-likeness (QED) is 0.624. The minimum absolute atomic E-state index is 0.0103. The van der Waals surface area contributed by atoms with E-state index in [0.717, 1.165) is 12.8 Å². The summed E-state index contributed by atoms with van der Waals surface area (Å²) in [5.74, 6) is 0.0895. The van der Waals surface area contributed by atoms with Crippen LogP contribution in [-0.4, -0.2) is 41.7 Å². The summed E-state index contributed by atoms with van der Waals surface area (Å²) in [6.45, 7) is 1.13. The minimum Gasteiger partial charge on any atom is -0.396 e. The third kappa shape index (κ3) is 6.69. The number of carbonyl (C=O) groups excluding carboxylic acids is 1. The molecule has 4 heteroatoms. The zero-order chi connectivity index (χ0) is 20.3. The highest BCUT2D eigenvalue weighted by Crippen LogP contribution is 2.28. The van der Waals surface area contributed by atoms with E-state index in [1.54, 1.807) is 0 Å². The molecule has 3 rings (SSSR count). The standard InChI is InChI=1S/C25H34N2O2/c28-19-11-18-27(20-24(29)26-23-16-9-1-2-10-17-23)25(21-12-5-3-6-13-21)22-14-7-4-8-15-22/h3-8,12-15,23,25,28H,1-2,9-11,16-20H2,(H,26,29). The van der Waals surface area contributed by atoms with Gasteiger partial charge in [-0.2, -0.15) is 0 Å². The molecule has 2 aromatic rings. The lowest BCUT2D eigenvalue weighted by molar-refractivity contribution is -0.123. The zero-order valence-corrected chi connectivity index (χ0v) is 17.3. The van der Waals surface area contributed by atoms with Crippen LogP contribution in [0.5, 0.6) is 0 Å². The van der Waals surface area contributed by atoms with E-state index in [9.17, 15) is 9.90 Å². The van der Waals surface area contributed by atoms with Crippen LogP contribution in [-0.2, 0) is 4.79 Å². The molecule has 0 spiro atoms. The molecule has 4 nitrogen and oxygen atoms in total. The molecule has 29 heavy (non-hydrogen) atoms. The van der Waals surface area contributed by atoms with Gasteiger partial charge in [-0.25, -0.2) is 0 Å². The topological polar surface area (TPSA) is 52.6 Å². The van der Waals surface area contributed by atoms with Crippen LogP contribution in [0.4, 0.5) is 0 Å². The number of nitrogens with one attached hydrogen (secondary N) is 1. The first-order valence-electron chi connectivity index (χ1n) is 11.0. The number of hydrogen-bond donors (Lipinski definition) is 2. The molecule has 0 aliphatic heterocycles. The second kappa shape index (κ2) is 11.7. The van der Waals surface area contributed by atoms with Gasteiger partial charge in [0.15, 0.2) is 0 Å². The van der Waals surface area contributed by atoms with Crippen molar-refractivity contribution in [3.8, 4) is 0 Å². The zero-order valence-electron chi connectivity index (χ0n) is 17.3. The van der Waals surface area contributed by atoms with Crippen LogP contribution >= 0.6 is 0 Å². The van der Waals surface area contributed by atoms with E-state index in [2.05, 4.69) is 34.5 Å². The van der Waals surface area contributed by atoms with Crippen LogP contribution in [0.3, 0.4) is 0 Å². The van der Waals surface area contributed by atoms with Crippen molar-refractivity contribution in [1.29, 1.82) is 0 Å². The fraction of sp³-hybridized carbons (Fsp3) is 0.480. The molecule has 0 bridgehead atoms. The van der Waals surface area contributed by atoms with Crippen LogP contribution < -0.4 is 5.32 Å². The first-order chi connectivity index (χ1) is 14.3. The van der Waals surface area contributed by atoms with Crippen LogP contribution in [0.25, 0.3) is 0 Å². The predicted octanol–water partition coefficient (Wildman–Crippen LogP) is 4.30. The SMILES string of the molecule is O=C(CN(CCCO)C(c1ccccc1)c1ccccc1)NC1CCCCCC1. The molecule has 0 saturated heterocycles. The summed E-state index contributed by atoms with van der Waals surface area (Å²) in [4.78, 5) is 15.2. The number of benzene rings is 2. The van der Waals surface area contributed by atoms with Crippen molar-refractivity contribution >= 4 is 5.91 Å². The van der Waals surface area contributed by atoms with E-state index in [1.165, 1.54) is 36.8 Å². The van der Waals surface area contributed by atoms with E-state index in [0.29, 0.717) is 25.6 Å². The van der Waals surface area contributed by atoms with Gasteiger partial charge >= 0.3 is 0 Å². The van der Waals surface area contributed by atoms with Crippen LogP contribution in [0.1, 0.15) is 62.1 Å². The Morgan fingerprint density at radius 2 is 1.48 bits per heavy atom. The molecule has 0 aromatic heterocycles. The summed E-state index contributed by atoms with van der Waals surface area (Å²) < 4.78 is 0. The van der Waals surface area contributed by atoms with Crippen LogP contribution in [0.15, 0.2) is 60.7 Å². The summed E-state index contributed by atoms with van der Waals surface area (Å²) in [7, 11) is 0. The molecule has 0 atom stereocenters. The molecule has 1 fully saturated rings. The van der Waals surface area contributed by atoms with E-state index in [1.807, 2.05) is 36.4 Å². The van der Waals surface area contributed by atoms with E-state index >= 15 is 0 Å². The lowest BCUT2D eigenvalue weighted by Crippen LogP contribution is -2.44. The van der Waals surface area contributed by atoms with Crippen molar-refractivity contribution in [2.24, 2.45) is 0 Å². The van der Waals surface area contributed by atoms with Crippen molar-refractivity contribution in [3.05, 3.63) is 71.8 Å². The maximum absolute atomic E-state index is 12.9. The molecule has 1 amide bonds. The highest BCUT2D eigenvalue weighted by Gasteiger charge is 2.25. The van der Waals surface area contributed by atoms with E-state index in [4.69, 9.17) is 0 Å². The molecule has 0 radical (unpaired) electrons. The van der Waals surface area contributed by atoms with Crippen molar-refractivity contribution in [2.75, 3.05) is 19.7 Å². The lowest BCUT2D eigenvalue weighted by Gasteiger charge is -2.32. The second-order valence-electron chi connectivity index (χ2n) is 8.03. The molecule has 2 N–H and O–H groups in total. The Hall–Kier alpha value is -2.17. The number of rotatable bonds is 9. The molecule has 156 valence electrons. The highest BCUT2D eigenvalue weighted by atomic mass is 16.3. The van der Waals surface area contributed by atoms with Gasteiger partial charge < -0.3 is 10.4 Å². The maximum Gasteiger partial charge on any atom is 0.234 e. The second-order valence-corrected chi connectivity index (χ2v) is 8.03. The normalized spacial score (nSPS) is 15.4. The Bertz CT molecular complexity index is 673. The van der Waals surface area contributed by atoms with Crippen LogP contribution in [0, 0.1) is 0 Å². The van der Waals surface area contributed by atoms with Gasteiger partial charge in [0.05, 0.1) is 12.6 Å². The first-order valence-corrected chi connectivity index (χ1v) is 11.0. The van der Waals surface area contributed by atoms with Gasteiger partial charge in [-0.05, 0) is 30.4 Å². The Morgan fingerprint density at radius 1 is 0.931 bits per heavy atom. The van der Waals surface area contributed by atoms with Gasteiger partial charge in [0.25, 0.3) is 0 Å². The Morgan fingerprint density at radius 3 is 2.00 bits per heavy atom. The monoisotopic (exact) mass is 394 g/mol. The average Bonchev–Trinajstić information content (AvgIpc) is 3.02. The number of carbonyl (C=O) groups is 1. The molecule has 1 saturated carbocycles. The summed E-state index contributed by atoms with van der Waals surface area (Å²) in [6.07, 6.45) is 7.78. The Kier molecular flexibility index (Phi) is 8.72. The van der Waals surface area contributed by atoms with Crippen molar-refractivity contribution in [3.63, 3.8) is 0 Å². The lowest BCUT2D eigenvalue weighted by atomic mass is 9.96.